The van der Waals surface area contributed by atoms with Gasteiger partial charge in [-0.25, -0.2) is 0 Å². The van der Waals surface area contributed by atoms with Crippen molar-refractivity contribution in [2.75, 3.05) is 0 Å². The Bertz CT molecular complexity index is 1430. The van der Waals surface area contributed by atoms with E-state index >= 15 is 9.59 Å². The Morgan fingerprint density at radius 3 is 0.548 bits per heavy atom. The maximum atomic E-state index is 15.6. The molecular formula is C40H30O2. The molecule has 0 aliphatic rings. The standard InChI is InChI=1S/C40H30O2/c41-37(39(31-19-7-1-8-20-31,32-21-9-2-10-22-32)33-23-11-3-12-24-33)38(42)40(34-25-13-4-14-26-34,35-27-15-5-16-28-35)36-29-17-6-18-30-36/h1-30H. The zero-order chi connectivity index (χ0) is 28.8. The molecule has 0 aliphatic heterocycles. The van der Waals surface area contributed by atoms with E-state index in [2.05, 4.69) is 0 Å². The normalized spacial score (nSPS) is 11.5. The lowest BCUT2D eigenvalue weighted by Gasteiger charge is -2.39. The summed E-state index contributed by atoms with van der Waals surface area (Å²) in [4.78, 5) is 31.2. The van der Waals surface area contributed by atoms with E-state index in [1.807, 2.05) is 182 Å². The minimum atomic E-state index is -1.38. The Morgan fingerprint density at radius 1 is 0.262 bits per heavy atom. The van der Waals surface area contributed by atoms with Gasteiger partial charge in [-0.3, -0.25) is 9.59 Å². The van der Waals surface area contributed by atoms with Gasteiger partial charge in [0.1, 0.15) is 10.8 Å². The lowest BCUT2D eigenvalue weighted by molar-refractivity contribution is -0.140. The molecule has 6 aromatic rings. The second-order valence-corrected chi connectivity index (χ2v) is 10.4. The average molecular weight is 543 g/mol. The van der Waals surface area contributed by atoms with Crippen molar-refractivity contribution < 1.29 is 9.59 Å². The molecule has 0 bridgehead atoms. The number of benzene rings is 6. The fraction of sp³-hybridized carbons (Fsp3) is 0.0500. The van der Waals surface area contributed by atoms with Crippen molar-refractivity contribution in [3.8, 4) is 0 Å². The van der Waals surface area contributed by atoms with Gasteiger partial charge in [0.15, 0.2) is 0 Å². The van der Waals surface area contributed by atoms with E-state index in [0.717, 1.165) is 33.4 Å². The predicted molar refractivity (Wildman–Crippen MR) is 168 cm³/mol. The molecule has 0 fully saturated rings. The first kappa shape index (κ1) is 26.9. The van der Waals surface area contributed by atoms with Gasteiger partial charge >= 0.3 is 0 Å². The van der Waals surface area contributed by atoms with E-state index in [1.54, 1.807) is 0 Å². The van der Waals surface area contributed by atoms with Crippen LogP contribution >= 0.6 is 0 Å². The van der Waals surface area contributed by atoms with E-state index in [-0.39, 0.29) is 0 Å². The Morgan fingerprint density at radius 2 is 0.405 bits per heavy atom. The highest BCUT2D eigenvalue weighted by Gasteiger charge is 2.54. The molecule has 6 aromatic carbocycles. The van der Waals surface area contributed by atoms with Crippen LogP contribution in [0.4, 0.5) is 0 Å². The topological polar surface area (TPSA) is 34.1 Å². The second kappa shape index (κ2) is 11.6. The summed E-state index contributed by atoms with van der Waals surface area (Å²) in [6, 6.07) is 58.0. The first-order valence-corrected chi connectivity index (χ1v) is 14.1. The van der Waals surface area contributed by atoms with Crippen molar-refractivity contribution >= 4 is 11.6 Å². The third-order valence-corrected chi connectivity index (χ3v) is 8.13. The summed E-state index contributed by atoms with van der Waals surface area (Å²) < 4.78 is 0. The monoisotopic (exact) mass is 542 g/mol. The SMILES string of the molecule is O=C(C(=O)C(c1ccccc1)(c1ccccc1)c1ccccc1)C(c1ccccc1)(c1ccccc1)c1ccccc1. The summed E-state index contributed by atoms with van der Waals surface area (Å²) in [6.07, 6.45) is 0. The zero-order valence-electron chi connectivity index (χ0n) is 23.1. The van der Waals surface area contributed by atoms with Crippen LogP contribution in [0.1, 0.15) is 33.4 Å². The molecule has 2 nitrogen and oxygen atoms in total. The molecule has 0 N–H and O–H groups in total. The molecule has 202 valence electrons. The second-order valence-electron chi connectivity index (χ2n) is 10.4. The van der Waals surface area contributed by atoms with Crippen LogP contribution in [0.2, 0.25) is 0 Å². The van der Waals surface area contributed by atoms with Crippen molar-refractivity contribution in [3.05, 3.63) is 215 Å². The molecule has 0 radical (unpaired) electrons. The first-order chi connectivity index (χ1) is 20.7. The number of carbonyl (C=O) groups is 2. The molecule has 0 amide bonds. The van der Waals surface area contributed by atoms with Gasteiger partial charge in [-0.1, -0.05) is 182 Å². The lowest BCUT2D eigenvalue weighted by Crippen LogP contribution is -2.51. The van der Waals surface area contributed by atoms with Crippen molar-refractivity contribution in [1.29, 1.82) is 0 Å². The molecule has 0 heterocycles. The molecule has 0 atom stereocenters. The highest BCUT2D eigenvalue weighted by atomic mass is 16.2. The molecule has 0 saturated heterocycles. The molecule has 6 rings (SSSR count). The Hall–Kier alpha value is -5.34. The van der Waals surface area contributed by atoms with Gasteiger partial charge in [-0.05, 0) is 33.4 Å². The van der Waals surface area contributed by atoms with Crippen molar-refractivity contribution in [2.24, 2.45) is 0 Å². The van der Waals surface area contributed by atoms with Crippen LogP contribution in [-0.2, 0) is 20.4 Å². The van der Waals surface area contributed by atoms with Crippen LogP contribution in [0.5, 0.6) is 0 Å². The van der Waals surface area contributed by atoms with E-state index in [4.69, 9.17) is 0 Å². The Balaban J connectivity index is 1.72. The van der Waals surface area contributed by atoms with Crippen LogP contribution < -0.4 is 0 Å². The Kier molecular flexibility index (Phi) is 7.45. The van der Waals surface area contributed by atoms with Crippen molar-refractivity contribution in [1.82, 2.24) is 0 Å². The van der Waals surface area contributed by atoms with E-state index in [0.29, 0.717) is 0 Å². The minimum absolute atomic E-state index is 0.498. The van der Waals surface area contributed by atoms with Gasteiger partial charge in [0.2, 0.25) is 11.6 Å². The summed E-state index contributed by atoms with van der Waals surface area (Å²) in [5.74, 6) is -0.995. The third kappa shape index (κ3) is 4.38. The summed E-state index contributed by atoms with van der Waals surface area (Å²) in [7, 11) is 0. The number of hydrogen-bond acceptors (Lipinski definition) is 2. The maximum Gasteiger partial charge on any atom is 0.219 e. The van der Waals surface area contributed by atoms with Gasteiger partial charge in [0, 0.05) is 0 Å². The maximum absolute atomic E-state index is 15.6. The Labute approximate surface area is 246 Å². The molecule has 42 heavy (non-hydrogen) atoms. The van der Waals surface area contributed by atoms with Gasteiger partial charge in [-0.2, -0.15) is 0 Å². The zero-order valence-corrected chi connectivity index (χ0v) is 23.1. The van der Waals surface area contributed by atoms with E-state index in [9.17, 15) is 0 Å². The van der Waals surface area contributed by atoms with Crippen molar-refractivity contribution in [3.63, 3.8) is 0 Å². The predicted octanol–water partition coefficient (Wildman–Crippen LogP) is 8.19. The number of carbonyl (C=O) groups excluding carboxylic acids is 2. The third-order valence-electron chi connectivity index (χ3n) is 8.13. The van der Waals surface area contributed by atoms with E-state index < -0.39 is 22.4 Å². The molecule has 0 aliphatic carbocycles. The molecule has 0 saturated carbocycles. The summed E-state index contributed by atoms with van der Waals surface area (Å²) >= 11 is 0. The molecule has 2 heteroatoms. The summed E-state index contributed by atoms with van der Waals surface area (Å²) in [5.41, 5.74) is 1.67. The van der Waals surface area contributed by atoms with Crippen LogP contribution in [0.25, 0.3) is 0 Å². The highest BCUT2D eigenvalue weighted by Crippen LogP contribution is 2.46. The molecule has 0 aromatic heterocycles. The molecular weight excluding hydrogens is 512 g/mol. The number of ketones is 2. The van der Waals surface area contributed by atoms with Crippen LogP contribution in [0.3, 0.4) is 0 Å². The summed E-state index contributed by atoms with van der Waals surface area (Å²) in [6.45, 7) is 0. The van der Waals surface area contributed by atoms with Gasteiger partial charge < -0.3 is 0 Å². The first-order valence-electron chi connectivity index (χ1n) is 14.1. The van der Waals surface area contributed by atoms with Gasteiger partial charge in [-0.15, -0.1) is 0 Å². The highest BCUT2D eigenvalue weighted by molar-refractivity contribution is 6.46. The number of Topliss-reactive ketones (excluding diaryl/α,β-unsaturated/α-hetero) is 2. The number of hydrogen-bond donors (Lipinski definition) is 0. The summed E-state index contributed by atoms with van der Waals surface area (Å²) in [5, 5.41) is 0. The number of rotatable bonds is 9. The quantitative estimate of drug-likeness (QED) is 0.136. The van der Waals surface area contributed by atoms with Crippen molar-refractivity contribution in [2.45, 2.75) is 10.8 Å². The van der Waals surface area contributed by atoms with Gasteiger partial charge in [0.05, 0.1) is 0 Å². The van der Waals surface area contributed by atoms with Crippen LogP contribution in [-0.4, -0.2) is 11.6 Å². The molecule has 0 unspecified atom stereocenters. The lowest BCUT2D eigenvalue weighted by atomic mass is 9.59. The minimum Gasteiger partial charge on any atom is -0.289 e. The van der Waals surface area contributed by atoms with Gasteiger partial charge in [0.25, 0.3) is 0 Å². The fourth-order valence-electron chi connectivity index (χ4n) is 6.26. The van der Waals surface area contributed by atoms with Crippen LogP contribution in [0, 0.1) is 0 Å². The van der Waals surface area contributed by atoms with E-state index in [1.165, 1.54) is 0 Å². The largest absolute Gasteiger partial charge is 0.289 e. The fourth-order valence-corrected chi connectivity index (χ4v) is 6.26. The smallest absolute Gasteiger partial charge is 0.219 e. The average Bonchev–Trinajstić information content (AvgIpc) is 3.08. The molecule has 0 spiro atoms. The van der Waals surface area contributed by atoms with Crippen LogP contribution in [0.15, 0.2) is 182 Å².